The van der Waals surface area contributed by atoms with Crippen molar-refractivity contribution in [1.82, 2.24) is 0 Å². The van der Waals surface area contributed by atoms with Crippen LogP contribution >= 0.6 is 22.9 Å². The molecule has 0 aliphatic rings. The molecule has 5 nitrogen and oxygen atoms in total. The van der Waals surface area contributed by atoms with Crippen molar-refractivity contribution in [3.05, 3.63) is 40.2 Å². The number of halogens is 1. The van der Waals surface area contributed by atoms with Crippen molar-refractivity contribution in [2.75, 3.05) is 11.9 Å². The number of hydrogen-bond acceptors (Lipinski definition) is 5. The molecule has 0 saturated heterocycles. The number of thiophene rings is 1. The number of ether oxygens (including phenoxy) is 1. The number of hydrogen-bond donors (Lipinski definition) is 1. The lowest BCUT2D eigenvalue weighted by atomic mass is 10.0. The molecule has 0 spiro atoms. The predicted molar refractivity (Wildman–Crippen MR) is 89.6 cm³/mol. The van der Waals surface area contributed by atoms with Gasteiger partial charge in [0.25, 0.3) is 0 Å². The average molecular weight is 349 g/mol. The molecule has 23 heavy (non-hydrogen) atoms. The maximum Gasteiger partial charge on any atom is 0.341 e. The summed E-state index contributed by atoms with van der Waals surface area (Å²) in [5.74, 6) is -0.992. The Kier molecular flexibility index (Phi) is 5.74. The van der Waals surface area contributed by atoms with E-state index in [-0.39, 0.29) is 18.6 Å². The molecule has 0 bridgehead atoms. The fraction of sp³-hybridized carbons (Fsp3) is 0.188. The van der Waals surface area contributed by atoms with Crippen molar-refractivity contribution in [2.45, 2.75) is 13.3 Å². The first kappa shape index (κ1) is 17.0. The third kappa shape index (κ3) is 4.09. The number of nitrogens with one attached hydrogen (secondary N) is 1. The first-order chi connectivity index (χ1) is 11.1. The SMILES string of the molecule is CCOC(=O)c1c(-c2ccc(Cl)cc2)csc1NC(=O)CC#N. The summed E-state index contributed by atoms with van der Waals surface area (Å²) in [5.41, 5.74) is 1.72. The van der Waals surface area contributed by atoms with Crippen LogP contribution in [0.3, 0.4) is 0 Å². The molecule has 7 heteroatoms. The zero-order valence-corrected chi connectivity index (χ0v) is 13.8. The quantitative estimate of drug-likeness (QED) is 0.825. The summed E-state index contributed by atoms with van der Waals surface area (Å²) < 4.78 is 5.08. The van der Waals surface area contributed by atoms with Crippen molar-refractivity contribution in [2.24, 2.45) is 0 Å². The van der Waals surface area contributed by atoms with Gasteiger partial charge < -0.3 is 10.1 Å². The molecule has 1 heterocycles. The Morgan fingerprint density at radius 2 is 2.04 bits per heavy atom. The van der Waals surface area contributed by atoms with Crippen LogP contribution in [0.15, 0.2) is 29.6 Å². The fourth-order valence-corrected chi connectivity index (χ4v) is 3.04. The highest BCUT2D eigenvalue weighted by molar-refractivity contribution is 7.15. The summed E-state index contributed by atoms with van der Waals surface area (Å²) in [6, 6.07) is 8.78. The van der Waals surface area contributed by atoms with E-state index in [0.29, 0.717) is 15.6 Å². The molecular weight excluding hydrogens is 336 g/mol. The van der Waals surface area contributed by atoms with Gasteiger partial charge in [0, 0.05) is 16.0 Å². The number of carbonyl (C=O) groups excluding carboxylic acids is 2. The summed E-state index contributed by atoms with van der Waals surface area (Å²) >= 11 is 7.09. The topological polar surface area (TPSA) is 79.2 Å². The normalized spacial score (nSPS) is 9.96. The first-order valence-electron chi connectivity index (χ1n) is 6.78. The Morgan fingerprint density at radius 1 is 1.35 bits per heavy atom. The number of esters is 1. The highest BCUT2D eigenvalue weighted by Gasteiger charge is 2.22. The number of rotatable bonds is 5. The van der Waals surface area contributed by atoms with E-state index in [1.165, 1.54) is 11.3 Å². The molecule has 1 amide bonds. The van der Waals surface area contributed by atoms with Crippen molar-refractivity contribution in [3.63, 3.8) is 0 Å². The number of anilines is 1. The van der Waals surface area contributed by atoms with Crippen molar-refractivity contribution in [1.29, 1.82) is 5.26 Å². The molecule has 1 N–H and O–H groups in total. The van der Waals surface area contributed by atoms with Crippen LogP contribution in [0.5, 0.6) is 0 Å². The Hall–Kier alpha value is -2.36. The maximum atomic E-state index is 12.3. The van der Waals surface area contributed by atoms with Crippen LogP contribution in [0.1, 0.15) is 23.7 Å². The van der Waals surface area contributed by atoms with Gasteiger partial charge in [-0.15, -0.1) is 11.3 Å². The van der Waals surface area contributed by atoms with E-state index in [9.17, 15) is 9.59 Å². The monoisotopic (exact) mass is 348 g/mol. The summed E-state index contributed by atoms with van der Waals surface area (Å²) in [7, 11) is 0. The van der Waals surface area contributed by atoms with Crippen LogP contribution in [-0.4, -0.2) is 18.5 Å². The number of nitrogens with zero attached hydrogens (tertiary/aromatic N) is 1. The molecule has 0 unspecified atom stereocenters. The molecule has 0 aliphatic carbocycles. The van der Waals surface area contributed by atoms with Crippen LogP contribution in [-0.2, 0) is 9.53 Å². The second-order valence-electron chi connectivity index (χ2n) is 4.46. The van der Waals surface area contributed by atoms with Gasteiger partial charge in [-0.1, -0.05) is 23.7 Å². The molecule has 0 atom stereocenters. The van der Waals surface area contributed by atoms with Crippen molar-refractivity contribution >= 4 is 39.8 Å². The number of amides is 1. The van der Waals surface area contributed by atoms with Gasteiger partial charge in [-0.2, -0.15) is 5.26 Å². The minimum atomic E-state index is -0.522. The summed E-state index contributed by atoms with van der Waals surface area (Å²) in [6.07, 6.45) is -0.281. The highest BCUT2D eigenvalue weighted by Crippen LogP contribution is 2.36. The third-order valence-electron chi connectivity index (χ3n) is 2.92. The third-order valence-corrected chi connectivity index (χ3v) is 4.07. The van der Waals surface area contributed by atoms with Crippen LogP contribution < -0.4 is 5.32 Å². The Labute approximate surface area is 142 Å². The van der Waals surface area contributed by atoms with E-state index in [0.717, 1.165) is 5.56 Å². The molecule has 0 aliphatic heterocycles. The lowest BCUT2D eigenvalue weighted by Gasteiger charge is -2.08. The van der Waals surface area contributed by atoms with Crippen LogP contribution in [0, 0.1) is 11.3 Å². The average Bonchev–Trinajstić information content (AvgIpc) is 2.92. The molecular formula is C16H13ClN2O3S. The van der Waals surface area contributed by atoms with Gasteiger partial charge in [0.2, 0.25) is 5.91 Å². The Balaban J connectivity index is 2.44. The minimum absolute atomic E-state index is 0.223. The predicted octanol–water partition coefficient (Wildman–Crippen LogP) is 4.10. The summed E-state index contributed by atoms with van der Waals surface area (Å²) in [5, 5.41) is 13.9. The van der Waals surface area contributed by atoms with Crippen LogP contribution in [0.25, 0.3) is 11.1 Å². The van der Waals surface area contributed by atoms with Crippen LogP contribution in [0.2, 0.25) is 5.02 Å². The number of carbonyl (C=O) groups is 2. The number of benzene rings is 1. The molecule has 1 aromatic carbocycles. The van der Waals surface area contributed by atoms with Crippen LogP contribution in [0.4, 0.5) is 5.00 Å². The molecule has 0 fully saturated rings. The second kappa shape index (κ2) is 7.77. The van der Waals surface area contributed by atoms with E-state index in [2.05, 4.69) is 5.32 Å². The first-order valence-corrected chi connectivity index (χ1v) is 8.04. The van der Waals surface area contributed by atoms with Gasteiger partial charge in [0.15, 0.2) is 0 Å². The van der Waals surface area contributed by atoms with Gasteiger partial charge in [0.1, 0.15) is 17.0 Å². The molecule has 0 radical (unpaired) electrons. The molecule has 0 saturated carbocycles. The largest absolute Gasteiger partial charge is 0.462 e. The lowest BCUT2D eigenvalue weighted by molar-refractivity contribution is -0.115. The van der Waals surface area contributed by atoms with Gasteiger partial charge in [0.05, 0.1) is 12.7 Å². The van der Waals surface area contributed by atoms with Gasteiger partial charge >= 0.3 is 5.97 Å². The standard InChI is InChI=1S/C16H13ClN2O3S/c1-2-22-16(21)14-12(10-3-5-11(17)6-4-10)9-23-15(14)19-13(20)7-8-18/h3-6,9H,2,7H2,1H3,(H,19,20). The van der Waals surface area contributed by atoms with Crippen molar-refractivity contribution in [3.8, 4) is 17.2 Å². The second-order valence-corrected chi connectivity index (χ2v) is 5.78. The van der Waals surface area contributed by atoms with Gasteiger partial charge in [-0.05, 0) is 24.6 Å². The van der Waals surface area contributed by atoms with E-state index in [1.54, 1.807) is 42.6 Å². The maximum absolute atomic E-state index is 12.3. The van der Waals surface area contributed by atoms with Gasteiger partial charge in [-0.25, -0.2) is 4.79 Å². The lowest BCUT2D eigenvalue weighted by Crippen LogP contribution is -2.13. The fourth-order valence-electron chi connectivity index (χ4n) is 1.94. The van der Waals surface area contributed by atoms with E-state index in [1.807, 2.05) is 0 Å². The smallest absolute Gasteiger partial charge is 0.341 e. The highest BCUT2D eigenvalue weighted by atomic mass is 35.5. The summed E-state index contributed by atoms with van der Waals surface area (Å²) in [6.45, 7) is 1.93. The Morgan fingerprint density at radius 3 is 2.65 bits per heavy atom. The zero-order valence-electron chi connectivity index (χ0n) is 12.3. The molecule has 118 valence electrons. The molecule has 2 rings (SSSR count). The van der Waals surface area contributed by atoms with Gasteiger partial charge in [-0.3, -0.25) is 4.79 Å². The Bertz CT molecular complexity index is 763. The van der Waals surface area contributed by atoms with E-state index >= 15 is 0 Å². The minimum Gasteiger partial charge on any atom is -0.462 e. The van der Waals surface area contributed by atoms with Crippen molar-refractivity contribution < 1.29 is 14.3 Å². The molecule has 2 aromatic rings. The summed E-state index contributed by atoms with van der Waals surface area (Å²) in [4.78, 5) is 23.9. The molecule has 1 aromatic heterocycles. The zero-order chi connectivity index (χ0) is 16.8. The van der Waals surface area contributed by atoms with E-state index in [4.69, 9.17) is 21.6 Å². The number of nitriles is 1. The van der Waals surface area contributed by atoms with E-state index < -0.39 is 11.9 Å².